The molecule has 2 aromatic rings. The van der Waals surface area contributed by atoms with Gasteiger partial charge in [-0.25, -0.2) is 4.79 Å². The van der Waals surface area contributed by atoms with Gasteiger partial charge in [0.2, 0.25) is 0 Å². The van der Waals surface area contributed by atoms with Gasteiger partial charge >= 0.3 is 5.97 Å². The van der Waals surface area contributed by atoms with Crippen LogP contribution in [0.25, 0.3) is 0 Å². The monoisotopic (exact) mass is 494 g/mol. The van der Waals surface area contributed by atoms with Crippen molar-refractivity contribution in [3.63, 3.8) is 0 Å². The SMILES string of the molecule is COc1ccc(C(=O)O)cc1NCc1c(Br)ccc(OC)c1OCC(=O)NC(C)(C)C. The normalized spacial score (nSPS) is 10.9. The van der Waals surface area contributed by atoms with Gasteiger partial charge in [-0.2, -0.15) is 0 Å². The largest absolute Gasteiger partial charge is 0.495 e. The molecule has 0 aliphatic heterocycles. The summed E-state index contributed by atoms with van der Waals surface area (Å²) in [7, 11) is 3.02. The molecule has 31 heavy (non-hydrogen) atoms. The van der Waals surface area contributed by atoms with E-state index in [0.29, 0.717) is 28.5 Å². The van der Waals surface area contributed by atoms with Crippen molar-refractivity contribution in [3.05, 3.63) is 45.9 Å². The zero-order valence-electron chi connectivity index (χ0n) is 18.2. The Bertz CT molecular complexity index is 956. The van der Waals surface area contributed by atoms with Crippen LogP contribution >= 0.6 is 15.9 Å². The molecule has 168 valence electrons. The van der Waals surface area contributed by atoms with Crippen LogP contribution in [0.3, 0.4) is 0 Å². The van der Waals surface area contributed by atoms with E-state index in [4.69, 9.17) is 14.2 Å². The third-order valence-electron chi connectivity index (χ3n) is 4.15. The van der Waals surface area contributed by atoms with Gasteiger partial charge in [-0.05, 0) is 51.1 Å². The van der Waals surface area contributed by atoms with Gasteiger partial charge in [0.15, 0.2) is 18.1 Å². The summed E-state index contributed by atoms with van der Waals surface area (Å²) in [6.45, 7) is 5.73. The molecule has 0 bridgehead atoms. The Labute approximate surface area is 190 Å². The molecule has 0 fully saturated rings. The first kappa shape index (κ1) is 24.3. The number of ether oxygens (including phenoxy) is 3. The number of carbonyl (C=O) groups excluding carboxylic acids is 1. The van der Waals surface area contributed by atoms with E-state index < -0.39 is 5.97 Å². The fraction of sp³-hybridized carbons (Fsp3) is 0.364. The zero-order valence-corrected chi connectivity index (χ0v) is 19.8. The maximum atomic E-state index is 12.2. The van der Waals surface area contributed by atoms with Crippen LogP contribution in [0.2, 0.25) is 0 Å². The maximum absolute atomic E-state index is 12.2. The molecule has 8 nitrogen and oxygen atoms in total. The highest BCUT2D eigenvalue weighted by atomic mass is 79.9. The Balaban J connectivity index is 2.29. The summed E-state index contributed by atoms with van der Waals surface area (Å²) < 4.78 is 17.3. The van der Waals surface area contributed by atoms with Gasteiger partial charge in [-0.3, -0.25) is 4.79 Å². The molecule has 0 aliphatic rings. The van der Waals surface area contributed by atoms with Crippen molar-refractivity contribution in [3.8, 4) is 17.2 Å². The number of carbonyl (C=O) groups is 2. The number of hydrogen-bond donors (Lipinski definition) is 3. The molecular weight excluding hydrogens is 468 g/mol. The summed E-state index contributed by atoms with van der Waals surface area (Å²) in [5, 5.41) is 15.3. The molecule has 0 aliphatic carbocycles. The second-order valence-electron chi connectivity index (χ2n) is 7.72. The smallest absolute Gasteiger partial charge is 0.335 e. The second kappa shape index (κ2) is 10.4. The van der Waals surface area contributed by atoms with Crippen LogP contribution < -0.4 is 24.8 Å². The van der Waals surface area contributed by atoms with E-state index in [0.717, 1.165) is 4.47 Å². The van der Waals surface area contributed by atoms with E-state index in [1.54, 1.807) is 12.1 Å². The van der Waals surface area contributed by atoms with E-state index in [2.05, 4.69) is 26.6 Å². The number of halogens is 1. The topological polar surface area (TPSA) is 106 Å². The van der Waals surface area contributed by atoms with Crippen LogP contribution in [0.5, 0.6) is 17.2 Å². The molecule has 0 heterocycles. The van der Waals surface area contributed by atoms with Crippen molar-refractivity contribution >= 4 is 33.5 Å². The number of rotatable bonds is 9. The third-order valence-corrected chi connectivity index (χ3v) is 4.89. The summed E-state index contributed by atoms with van der Waals surface area (Å²) in [6.07, 6.45) is 0. The summed E-state index contributed by atoms with van der Waals surface area (Å²) >= 11 is 3.51. The van der Waals surface area contributed by atoms with Crippen molar-refractivity contribution < 1.29 is 28.9 Å². The molecule has 9 heteroatoms. The van der Waals surface area contributed by atoms with Gasteiger partial charge in [-0.1, -0.05) is 15.9 Å². The molecule has 0 saturated carbocycles. The molecule has 0 radical (unpaired) electrons. The minimum absolute atomic E-state index is 0.128. The minimum atomic E-state index is -1.04. The van der Waals surface area contributed by atoms with Gasteiger partial charge in [0.25, 0.3) is 5.91 Å². The summed E-state index contributed by atoms with van der Waals surface area (Å²) in [4.78, 5) is 23.5. The quantitative estimate of drug-likeness (QED) is 0.482. The van der Waals surface area contributed by atoms with E-state index >= 15 is 0 Å². The highest BCUT2D eigenvalue weighted by molar-refractivity contribution is 9.10. The van der Waals surface area contributed by atoms with Gasteiger partial charge in [0, 0.05) is 22.1 Å². The van der Waals surface area contributed by atoms with Crippen molar-refractivity contribution in [1.82, 2.24) is 5.32 Å². The Morgan fingerprint density at radius 2 is 1.71 bits per heavy atom. The molecule has 0 spiro atoms. The molecule has 0 unspecified atom stereocenters. The van der Waals surface area contributed by atoms with E-state index in [1.807, 2.05) is 26.8 Å². The summed E-state index contributed by atoms with van der Waals surface area (Å²) in [6, 6.07) is 8.09. The van der Waals surface area contributed by atoms with Crippen LogP contribution in [0.15, 0.2) is 34.8 Å². The second-order valence-corrected chi connectivity index (χ2v) is 8.57. The first-order valence-electron chi connectivity index (χ1n) is 9.50. The molecular formula is C22H27BrN2O6. The first-order valence-corrected chi connectivity index (χ1v) is 10.3. The maximum Gasteiger partial charge on any atom is 0.335 e. The van der Waals surface area contributed by atoms with Gasteiger partial charge in [-0.15, -0.1) is 0 Å². The number of methoxy groups -OCH3 is 2. The lowest BCUT2D eigenvalue weighted by Gasteiger charge is -2.22. The number of benzene rings is 2. The van der Waals surface area contributed by atoms with Gasteiger partial charge in [0.05, 0.1) is 25.5 Å². The molecule has 2 aromatic carbocycles. The number of amides is 1. The van der Waals surface area contributed by atoms with E-state index in [9.17, 15) is 14.7 Å². The Morgan fingerprint density at radius 1 is 1.06 bits per heavy atom. The van der Waals surface area contributed by atoms with Gasteiger partial charge < -0.3 is 30.0 Å². The van der Waals surface area contributed by atoms with Crippen LogP contribution in [0.1, 0.15) is 36.7 Å². The van der Waals surface area contributed by atoms with Crippen molar-refractivity contribution in [2.75, 3.05) is 26.1 Å². The molecule has 3 N–H and O–H groups in total. The average molecular weight is 495 g/mol. The molecule has 1 amide bonds. The minimum Gasteiger partial charge on any atom is -0.495 e. The van der Waals surface area contributed by atoms with Crippen LogP contribution in [-0.2, 0) is 11.3 Å². The summed E-state index contributed by atoms with van der Waals surface area (Å²) in [5.74, 6) is 0.0686. The fourth-order valence-electron chi connectivity index (χ4n) is 2.82. The van der Waals surface area contributed by atoms with E-state index in [1.165, 1.54) is 26.4 Å². The fourth-order valence-corrected chi connectivity index (χ4v) is 3.27. The van der Waals surface area contributed by atoms with Crippen molar-refractivity contribution in [1.29, 1.82) is 0 Å². The van der Waals surface area contributed by atoms with Crippen LogP contribution in [-0.4, -0.2) is 43.3 Å². The number of anilines is 1. The van der Waals surface area contributed by atoms with E-state index in [-0.39, 0.29) is 30.2 Å². The third kappa shape index (κ3) is 6.78. The number of nitrogens with one attached hydrogen (secondary N) is 2. The Kier molecular flexibility index (Phi) is 8.15. The first-order chi connectivity index (χ1) is 14.6. The number of carboxylic acid groups (broad SMARTS) is 1. The van der Waals surface area contributed by atoms with Crippen LogP contribution in [0.4, 0.5) is 5.69 Å². The lowest BCUT2D eigenvalue weighted by Crippen LogP contribution is -2.43. The Hall–Kier alpha value is -2.94. The number of hydrogen-bond acceptors (Lipinski definition) is 6. The highest BCUT2D eigenvalue weighted by Crippen LogP contribution is 2.37. The zero-order chi connectivity index (χ0) is 23.2. The molecule has 2 rings (SSSR count). The van der Waals surface area contributed by atoms with Crippen LogP contribution in [0, 0.1) is 0 Å². The number of carboxylic acids is 1. The highest BCUT2D eigenvalue weighted by Gasteiger charge is 2.19. The molecule has 0 saturated heterocycles. The Morgan fingerprint density at radius 3 is 2.29 bits per heavy atom. The van der Waals surface area contributed by atoms with Crippen molar-refractivity contribution in [2.45, 2.75) is 32.9 Å². The molecule has 0 atom stereocenters. The lowest BCUT2D eigenvalue weighted by atomic mass is 10.1. The predicted octanol–water partition coefficient (Wildman–Crippen LogP) is 4.07. The molecule has 0 aromatic heterocycles. The summed E-state index contributed by atoms with van der Waals surface area (Å²) in [5.41, 5.74) is 0.959. The van der Waals surface area contributed by atoms with Gasteiger partial charge in [0.1, 0.15) is 5.75 Å². The average Bonchev–Trinajstić information content (AvgIpc) is 2.69. The van der Waals surface area contributed by atoms with Crippen molar-refractivity contribution in [2.24, 2.45) is 0 Å². The lowest BCUT2D eigenvalue weighted by molar-refractivity contribution is -0.124. The standard InChI is InChI=1S/C22H27BrN2O6/c1-22(2,3)25-19(26)12-31-20-14(15(23)7-9-18(20)30-5)11-24-16-10-13(21(27)28)6-8-17(16)29-4/h6-10,24H,11-12H2,1-5H3,(H,25,26)(H,27,28). The predicted molar refractivity (Wildman–Crippen MR) is 121 cm³/mol. The number of aromatic carboxylic acids is 1.